The van der Waals surface area contributed by atoms with Gasteiger partial charge in [-0.15, -0.1) is 0 Å². The Kier molecular flexibility index (Phi) is 5.12. The van der Waals surface area contributed by atoms with E-state index in [-0.39, 0.29) is 5.82 Å². The van der Waals surface area contributed by atoms with Gasteiger partial charge in [-0.05, 0) is 30.3 Å². The minimum Gasteiger partial charge on any atom is -0.354 e. The van der Waals surface area contributed by atoms with Gasteiger partial charge in [0.1, 0.15) is 5.82 Å². The van der Waals surface area contributed by atoms with Crippen LogP contribution in [0.4, 0.5) is 17.2 Å². The van der Waals surface area contributed by atoms with E-state index in [0.717, 1.165) is 9.99 Å². The van der Waals surface area contributed by atoms with Crippen LogP contribution in [0.25, 0.3) is 0 Å². The Hall–Kier alpha value is -1.54. The predicted octanol–water partition coefficient (Wildman–Crippen LogP) is 3.35. The van der Waals surface area contributed by atoms with Crippen LogP contribution in [-0.2, 0) is 10.2 Å². The summed E-state index contributed by atoms with van der Waals surface area (Å²) < 4.78 is 26.8. The third-order valence-electron chi connectivity index (χ3n) is 2.69. The first-order valence-corrected chi connectivity index (χ1v) is 8.36. The Labute approximate surface area is 139 Å². The molecule has 22 heavy (non-hydrogen) atoms. The van der Waals surface area contributed by atoms with Crippen LogP contribution in [0.3, 0.4) is 0 Å². The lowest BCUT2D eigenvalue weighted by atomic mass is 10.3. The van der Waals surface area contributed by atoms with E-state index in [4.69, 9.17) is 23.2 Å². The van der Waals surface area contributed by atoms with Gasteiger partial charge in [0.05, 0.1) is 21.9 Å². The molecule has 2 rings (SSSR count). The molecule has 1 aromatic heterocycles. The lowest BCUT2D eigenvalue weighted by molar-refractivity contribution is 0.526. The van der Waals surface area contributed by atoms with Gasteiger partial charge >= 0.3 is 10.2 Å². The Morgan fingerprint density at radius 1 is 1.05 bits per heavy atom. The highest BCUT2D eigenvalue weighted by Crippen LogP contribution is 2.27. The lowest BCUT2D eigenvalue weighted by Crippen LogP contribution is -2.29. The number of hydrogen-bond donors (Lipinski definition) is 2. The molecule has 1 heterocycles. The molecule has 0 unspecified atom stereocenters. The quantitative estimate of drug-likeness (QED) is 0.857. The summed E-state index contributed by atoms with van der Waals surface area (Å²) in [5.41, 5.74) is 1.43. The van der Waals surface area contributed by atoms with E-state index in [1.165, 1.54) is 20.3 Å². The summed E-state index contributed by atoms with van der Waals surface area (Å²) in [6.07, 6.45) is 1.51. The average molecular weight is 361 g/mol. The van der Waals surface area contributed by atoms with Crippen LogP contribution in [0.15, 0.2) is 36.5 Å². The molecule has 0 saturated carbocycles. The number of hydrogen-bond acceptors (Lipinski definition) is 4. The zero-order chi connectivity index (χ0) is 16.3. The van der Waals surface area contributed by atoms with Crippen molar-refractivity contribution in [2.24, 2.45) is 0 Å². The Bertz CT molecular complexity index is 764. The fraction of sp³-hybridized carbons (Fsp3) is 0.154. The van der Waals surface area contributed by atoms with Gasteiger partial charge in [0.2, 0.25) is 0 Å². The summed E-state index contributed by atoms with van der Waals surface area (Å²) in [6.45, 7) is 0. The lowest BCUT2D eigenvalue weighted by Gasteiger charge is -2.13. The van der Waals surface area contributed by atoms with Crippen LogP contribution < -0.4 is 10.0 Å². The Balaban J connectivity index is 2.10. The van der Waals surface area contributed by atoms with Gasteiger partial charge in [0, 0.05) is 19.8 Å². The summed E-state index contributed by atoms with van der Waals surface area (Å²) in [5, 5.41) is 4.00. The number of benzene rings is 1. The van der Waals surface area contributed by atoms with Crippen LogP contribution >= 0.6 is 23.2 Å². The van der Waals surface area contributed by atoms with Crippen molar-refractivity contribution in [2.75, 3.05) is 24.1 Å². The van der Waals surface area contributed by atoms with Gasteiger partial charge in [-0.3, -0.25) is 4.72 Å². The molecular weight excluding hydrogens is 347 g/mol. The van der Waals surface area contributed by atoms with Crippen molar-refractivity contribution in [3.8, 4) is 0 Å². The van der Waals surface area contributed by atoms with Gasteiger partial charge in [-0.25, -0.2) is 4.98 Å². The molecule has 0 aliphatic rings. The molecule has 0 radical (unpaired) electrons. The average Bonchev–Trinajstić information content (AvgIpc) is 2.44. The SMILES string of the molecule is CN(C)S(=O)(=O)Nc1ccc(Nc2ccc(Cl)c(Cl)c2)cn1. The fourth-order valence-corrected chi connectivity index (χ4v) is 2.36. The molecule has 0 atom stereocenters. The highest BCUT2D eigenvalue weighted by atomic mass is 35.5. The topological polar surface area (TPSA) is 74.3 Å². The van der Waals surface area contributed by atoms with E-state index in [2.05, 4.69) is 15.0 Å². The Morgan fingerprint density at radius 2 is 1.73 bits per heavy atom. The highest BCUT2D eigenvalue weighted by molar-refractivity contribution is 7.90. The smallest absolute Gasteiger partial charge is 0.302 e. The molecule has 0 aliphatic heterocycles. The second-order valence-corrected chi connectivity index (χ2v) is 7.27. The van der Waals surface area contributed by atoms with Gasteiger partial charge in [0.25, 0.3) is 0 Å². The largest absolute Gasteiger partial charge is 0.354 e. The normalized spacial score (nSPS) is 11.5. The van der Waals surface area contributed by atoms with Gasteiger partial charge in [-0.1, -0.05) is 23.2 Å². The molecular formula is C13H14Cl2N4O2S. The van der Waals surface area contributed by atoms with Crippen molar-refractivity contribution in [3.05, 3.63) is 46.6 Å². The fourth-order valence-electron chi connectivity index (χ4n) is 1.49. The zero-order valence-electron chi connectivity index (χ0n) is 11.8. The van der Waals surface area contributed by atoms with Crippen molar-refractivity contribution in [1.82, 2.24) is 9.29 Å². The molecule has 9 heteroatoms. The Morgan fingerprint density at radius 3 is 2.27 bits per heavy atom. The van der Waals surface area contributed by atoms with Crippen LogP contribution in [0.5, 0.6) is 0 Å². The third kappa shape index (κ3) is 4.23. The van der Waals surface area contributed by atoms with E-state index < -0.39 is 10.2 Å². The first-order valence-electron chi connectivity index (χ1n) is 6.16. The number of rotatable bonds is 5. The van der Waals surface area contributed by atoms with E-state index in [1.807, 2.05) is 0 Å². The molecule has 0 bridgehead atoms. The number of nitrogens with zero attached hydrogens (tertiary/aromatic N) is 2. The van der Waals surface area contributed by atoms with Crippen LogP contribution in [0, 0.1) is 0 Å². The summed E-state index contributed by atoms with van der Waals surface area (Å²) in [6, 6.07) is 8.40. The van der Waals surface area contributed by atoms with Crippen LogP contribution in [0.1, 0.15) is 0 Å². The molecule has 6 nitrogen and oxygen atoms in total. The predicted molar refractivity (Wildman–Crippen MR) is 90.2 cm³/mol. The molecule has 0 saturated heterocycles. The second-order valence-electron chi connectivity index (χ2n) is 4.58. The summed E-state index contributed by atoms with van der Waals surface area (Å²) >= 11 is 11.8. The number of nitrogens with one attached hydrogen (secondary N) is 2. The first kappa shape index (κ1) is 16.8. The maximum absolute atomic E-state index is 11.7. The van der Waals surface area contributed by atoms with E-state index in [0.29, 0.717) is 15.7 Å². The maximum Gasteiger partial charge on any atom is 0.302 e. The molecule has 118 valence electrons. The van der Waals surface area contributed by atoms with Crippen LogP contribution in [0.2, 0.25) is 10.0 Å². The van der Waals surface area contributed by atoms with E-state index >= 15 is 0 Å². The standard InChI is InChI=1S/C13H14Cl2N4O2S/c1-19(2)22(20,21)18-13-6-4-10(8-16-13)17-9-3-5-11(14)12(15)7-9/h3-8,17H,1-2H3,(H,16,18). The monoisotopic (exact) mass is 360 g/mol. The molecule has 1 aromatic carbocycles. The van der Waals surface area contributed by atoms with E-state index in [9.17, 15) is 8.42 Å². The summed E-state index contributed by atoms with van der Waals surface area (Å²) in [7, 11) is -0.699. The van der Waals surface area contributed by atoms with E-state index in [1.54, 1.807) is 30.3 Å². The van der Waals surface area contributed by atoms with Crippen LogP contribution in [-0.4, -0.2) is 31.8 Å². The second kappa shape index (κ2) is 6.70. The molecule has 0 amide bonds. The maximum atomic E-state index is 11.7. The van der Waals surface area contributed by atoms with Gasteiger partial charge < -0.3 is 5.32 Å². The zero-order valence-corrected chi connectivity index (χ0v) is 14.2. The van der Waals surface area contributed by atoms with Crippen molar-refractivity contribution in [3.63, 3.8) is 0 Å². The minimum absolute atomic E-state index is 0.230. The van der Waals surface area contributed by atoms with Gasteiger partial charge in [-0.2, -0.15) is 12.7 Å². The van der Waals surface area contributed by atoms with Crippen molar-refractivity contribution >= 4 is 50.6 Å². The summed E-state index contributed by atoms with van der Waals surface area (Å²) in [4.78, 5) is 4.04. The van der Waals surface area contributed by atoms with Crippen molar-refractivity contribution in [1.29, 1.82) is 0 Å². The molecule has 2 aromatic rings. The number of anilines is 3. The molecule has 0 aliphatic carbocycles. The highest BCUT2D eigenvalue weighted by Gasteiger charge is 2.13. The third-order valence-corrected chi connectivity index (χ3v) is 4.85. The minimum atomic E-state index is -3.57. The van der Waals surface area contributed by atoms with Gasteiger partial charge in [0.15, 0.2) is 0 Å². The first-order chi connectivity index (χ1) is 10.3. The molecule has 0 spiro atoms. The molecule has 0 fully saturated rings. The van der Waals surface area contributed by atoms with Crippen molar-refractivity contribution in [2.45, 2.75) is 0 Å². The summed E-state index contributed by atoms with van der Waals surface area (Å²) in [5.74, 6) is 0.230. The molecule has 2 N–H and O–H groups in total. The number of halogens is 2. The van der Waals surface area contributed by atoms with Crippen molar-refractivity contribution < 1.29 is 8.42 Å². The number of aromatic nitrogens is 1. The number of pyridine rings is 1.